The van der Waals surface area contributed by atoms with Crippen molar-refractivity contribution in [3.05, 3.63) is 56.5 Å². The van der Waals surface area contributed by atoms with E-state index < -0.39 is 0 Å². The number of aryl methyl sites for hydroxylation is 2. The monoisotopic (exact) mass is 380 g/mol. The highest BCUT2D eigenvalue weighted by molar-refractivity contribution is 7.22. The van der Waals surface area contributed by atoms with Gasteiger partial charge in [0.05, 0.1) is 10.2 Å². The summed E-state index contributed by atoms with van der Waals surface area (Å²) in [4.78, 5) is 31.3. The van der Waals surface area contributed by atoms with Crippen LogP contribution in [0.3, 0.4) is 0 Å². The first-order valence-electron chi connectivity index (χ1n) is 8.74. The van der Waals surface area contributed by atoms with Gasteiger partial charge in [0.25, 0.3) is 5.56 Å². The molecule has 138 valence electrons. The summed E-state index contributed by atoms with van der Waals surface area (Å²) in [5.41, 5.74) is 3.99. The number of aromatic amines is 1. The number of carbonyl (C=O) groups excluding carboxylic acids is 1. The van der Waals surface area contributed by atoms with Crippen molar-refractivity contribution in [1.29, 1.82) is 5.26 Å². The Hall–Kier alpha value is -2.98. The van der Waals surface area contributed by atoms with E-state index in [1.165, 1.54) is 16.9 Å². The molecule has 2 N–H and O–H groups in total. The van der Waals surface area contributed by atoms with Crippen LogP contribution >= 0.6 is 11.3 Å². The summed E-state index contributed by atoms with van der Waals surface area (Å²) in [5.74, 6) is -0.145. The summed E-state index contributed by atoms with van der Waals surface area (Å²) >= 11 is 1.46. The SMILES string of the molecule is CCc1ccc2nc(NC(=O)CCc3c(C)[nH]c(=O)c(C#N)c3C)sc2c1. The highest BCUT2D eigenvalue weighted by Crippen LogP contribution is 2.27. The Balaban J connectivity index is 1.72. The number of carbonyl (C=O) groups is 1. The molecule has 0 saturated carbocycles. The van der Waals surface area contributed by atoms with E-state index in [9.17, 15) is 9.59 Å². The minimum absolute atomic E-state index is 0.105. The predicted molar refractivity (Wildman–Crippen MR) is 107 cm³/mol. The third-order valence-corrected chi connectivity index (χ3v) is 5.56. The van der Waals surface area contributed by atoms with E-state index in [0.29, 0.717) is 22.8 Å². The molecule has 0 atom stereocenters. The summed E-state index contributed by atoms with van der Waals surface area (Å²) in [5, 5.41) is 12.6. The summed E-state index contributed by atoms with van der Waals surface area (Å²) in [6.45, 7) is 5.62. The smallest absolute Gasteiger partial charge is 0.266 e. The van der Waals surface area contributed by atoms with Crippen molar-refractivity contribution in [1.82, 2.24) is 9.97 Å². The number of fused-ring (bicyclic) bond motifs is 1. The van der Waals surface area contributed by atoms with Gasteiger partial charge in [0.2, 0.25) is 5.91 Å². The number of hydrogen-bond donors (Lipinski definition) is 2. The average molecular weight is 380 g/mol. The summed E-state index contributed by atoms with van der Waals surface area (Å²) < 4.78 is 1.05. The number of nitrogens with one attached hydrogen (secondary N) is 2. The highest BCUT2D eigenvalue weighted by atomic mass is 32.1. The zero-order valence-electron chi connectivity index (χ0n) is 15.5. The molecule has 0 aliphatic rings. The van der Waals surface area contributed by atoms with Crippen molar-refractivity contribution in [2.75, 3.05) is 5.32 Å². The Morgan fingerprint density at radius 3 is 2.85 bits per heavy atom. The van der Waals surface area contributed by atoms with Crippen LogP contribution in [0.25, 0.3) is 10.2 Å². The average Bonchev–Trinajstić information content (AvgIpc) is 3.02. The van der Waals surface area contributed by atoms with Gasteiger partial charge in [0.1, 0.15) is 11.6 Å². The molecule has 0 aliphatic heterocycles. The normalized spacial score (nSPS) is 10.7. The zero-order chi connectivity index (χ0) is 19.6. The number of aromatic nitrogens is 2. The van der Waals surface area contributed by atoms with Gasteiger partial charge < -0.3 is 10.3 Å². The van der Waals surface area contributed by atoms with Crippen LogP contribution in [-0.4, -0.2) is 15.9 Å². The summed E-state index contributed by atoms with van der Waals surface area (Å²) in [6, 6.07) is 8.04. The molecule has 27 heavy (non-hydrogen) atoms. The van der Waals surface area contributed by atoms with Gasteiger partial charge >= 0.3 is 0 Å². The lowest BCUT2D eigenvalue weighted by Gasteiger charge is -2.10. The Morgan fingerprint density at radius 1 is 1.37 bits per heavy atom. The highest BCUT2D eigenvalue weighted by Gasteiger charge is 2.14. The van der Waals surface area contributed by atoms with Gasteiger partial charge in [-0.1, -0.05) is 24.3 Å². The molecule has 0 bridgehead atoms. The number of hydrogen-bond acceptors (Lipinski definition) is 5. The Bertz CT molecular complexity index is 1120. The van der Waals surface area contributed by atoms with Gasteiger partial charge in [0, 0.05) is 12.1 Å². The van der Waals surface area contributed by atoms with Crippen LogP contribution < -0.4 is 10.9 Å². The maximum Gasteiger partial charge on any atom is 0.266 e. The third kappa shape index (κ3) is 3.91. The fourth-order valence-corrected chi connectivity index (χ4v) is 4.03. The van der Waals surface area contributed by atoms with Crippen LogP contribution in [0, 0.1) is 25.2 Å². The van der Waals surface area contributed by atoms with E-state index in [0.717, 1.165) is 22.2 Å². The quantitative estimate of drug-likeness (QED) is 0.706. The number of pyridine rings is 1. The van der Waals surface area contributed by atoms with E-state index in [4.69, 9.17) is 5.26 Å². The van der Waals surface area contributed by atoms with Gasteiger partial charge in [-0.25, -0.2) is 4.98 Å². The van der Waals surface area contributed by atoms with Crippen molar-refractivity contribution in [2.24, 2.45) is 0 Å². The fraction of sp³-hybridized carbons (Fsp3) is 0.300. The lowest BCUT2D eigenvalue weighted by Crippen LogP contribution is -2.18. The van der Waals surface area contributed by atoms with Crippen LogP contribution in [0.15, 0.2) is 23.0 Å². The van der Waals surface area contributed by atoms with Crippen molar-refractivity contribution >= 4 is 32.6 Å². The number of anilines is 1. The van der Waals surface area contributed by atoms with Crippen molar-refractivity contribution in [2.45, 2.75) is 40.0 Å². The van der Waals surface area contributed by atoms with E-state index in [1.54, 1.807) is 13.8 Å². The van der Waals surface area contributed by atoms with E-state index in [1.807, 2.05) is 18.2 Å². The second-order valence-electron chi connectivity index (χ2n) is 6.39. The standard InChI is InChI=1S/C20H20N4O2S/c1-4-13-5-7-16-17(9-13)27-20(23-16)24-18(25)8-6-14-11(2)15(10-21)19(26)22-12(14)3/h5,7,9H,4,6,8H2,1-3H3,(H,22,26)(H,23,24,25). The lowest BCUT2D eigenvalue weighted by molar-refractivity contribution is -0.116. The van der Waals surface area contributed by atoms with Crippen LogP contribution in [0.1, 0.15) is 41.3 Å². The number of benzene rings is 1. The lowest BCUT2D eigenvalue weighted by atomic mass is 9.99. The van der Waals surface area contributed by atoms with Crippen LogP contribution in [0.5, 0.6) is 0 Å². The molecule has 0 unspecified atom stereocenters. The Labute approximate surface area is 160 Å². The van der Waals surface area contributed by atoms with Crippen molar-refractivity contribution in [3.8, 4) is 6.07 Å². The van der Waals surface area contributed by atoms with Crippen LogP contribution in [0.4, 0.5) is 5.13 Å². The van der Waals surface area contributed by atoms with Crippen LogP contribution in [0.2, 0.25) is 0 Å². The van der Waals surface area contributed by atoms with Gasteiger partial charge in [-0.15, -0.1) is 0 Å². The summed E-state index contributed by atoms with van der Waals surface area (Å²) in [6.07, 6.45) is 1.65. The first kappa shape index (κ1) is 18.8. The van der Waals surface area contributed by atoms with Gasteiger partial charge in [-0.05, 0) is 55.5 Å². The number of nitriles is 1. The third-order valence-electron chi connectivity index (χ3n) is 4.63. The molecule has 0 saturated heterocycles. The van der Waals surface area contributed by atoms with Gasteiger partial charge in [-0.3, -0.25) is 9.59 Å². The molecule has 0 spiro atoms. The fourth-order valence-electron chi connectivity index (χ4n) is 3.08. The number of thiazole rings is 1. The van der Waals surface area contributed by atoms with Gasteiger partial charge in [0.15, 0.2) is 5.13 Å². The first-order chi connectivity index (χ1) is 12.9. The predicted octanol–water partition coefficient (Wildman–Crippen LogP) is 3.61. The molecule has 3 rings (SSSR count). The molecule has 1 amide bonds. The number of amides is 1. The minimum atomic E-state index is -0.387. The Morgan fingerprint density at radius 2 is 2.15 bits per heavy atom. The largest absolute Gasteiger partial charge is 0.325 e. The topological polar surface area (TPSA) is 98.6 Å². The van der Waals surface area contributed by atoms with E-state index >= 15 is 0 Å². The first-order valence-corrected chi connectivity index (χ1v) is 9.56. The van der Waals surface area contributed by atoms with E-state index in [-0.39, 0.29) is 23.5 Å². The summed E-state index contributed by atoms with van der Waals surface area (Å²) in [7, 11) is 0. The number of nitrogens with zero attached hydrogens (tertiary/aromatic N) is 2. The zero-order valence-corrected chi connectivity index (χ0v) is 16.3. The number of rotatable bonds is 5. The Kier molecular flexibility index (Phi) is 5.38. The number of H-pyrrole nitrogens is 1. The molecule has 6 nitrogen and oxygen atoms in total. The molecule has 7 heteroatoms. The molecule has 2 heterocycles. The molecule has 2 aromatic heterocycles. The second kappa shape index (κ2) is 7.72. The maximum atomic E-state index is 12.3. The van der Waals surface area contributed by atoms with Crippen molar-refractivity contribution in [3.63, 3.8) is 0 Å². The van der Waals surface area contributed by atoms with Crippen molar-refractivity contribution < 1.29 is 4.79 Å². The molecule has 0 fully saturated rings. The molecule has 1 aromatic carbocycles. The molecular weight excluding hydrogens is 360 g/mol. The van der Waals surface area contributed by atoms with Gasteiger partial charge in [-0.2, -0.15) is 5.26 Å². The second-order valence-corrected chi connectivity index (χ2v) is 7.42. The molecular formula is C20H20N4O2S. The maximum absolute atomic E-state index is 12.3. The van der Waals surface area contributed by atoms with E-state index in [2.05, 4.69) is 28.3 Å². The molecule has 0 aliphatic carbocycles. The minimum Gasteiger partial charge on any atom is -0.325 e. The molecule has 0 radical (unpaired) electrons. The molecule has 3 aromatic rings. The van der Waals surface area contributed by atoms with Crippen LogP contribution in [-0.2, 0) is 17.6 Å².